The predicted octanol–water partition coefficient (Wildman–Crippen LogP) is 3.62. The molecule has 3 heterocycles. The van der Waals surface area contributed by atoms with Crippen molar-refractivity contribution in [3.8, 4) is 11.4 Å². The highest BCUT2D eigenvalue weighted by atomic mass is 35.5. The molecule has 1 aromatic carbocycles. The molecule has 0 aliphatic heterocycles. The molecule has 0 N–H and O–H groups in total. The molecule has 8 heteroatoms. The van der Waals surface area contributed by atoms with E-state index in [1.54, 1.807) is 42.1 Å². The maximum Gasteiger partial charge on any atom is 0.258 e. The van der Waals surface area contributed by atoms with E-state index in [1.807, 2.05) is 12.1 Å². The molecule has 0 radical (unpaired) electrons. The van der Waals surface area contributed by atoms with Gasteiger partial charge in [0.05, 0.1) is 22.3 Å². The summed E-state index contributed by atoms with van der Waals surface area (Å²) in [6.45, 7) is 2.12. The van der Waals surface area contributed by atoms with Gasteiger partial charge in [0, 0.05) is 17.8 Å². The van der Waals surface area contributed by atoms with Crippen LogP contribution in [0.5, 0.6) is 0 Å². The van der Waals surface area contributed by atoms with Crippen LogP contribution in [0.15, 0.2) is 53.5 Å². The third kappa shape index (κ3) is 3.09. The summed E-state index contributed by atoms with van der Waals surface area (Å²) in [6.07, 6.45) is 1.69. The van der Waals surface area contributed by atoms with Crippen molar-refractivity contribution in [2.75, 3.05) is 0 Å². The third-order valence-electron chi connectivity index (χ3n) is 3.89. The normalized spacial score (nSPS) is 11.2. The smallest absolute Gasteiger partial charge is 0.258 e. The van der Waals surface area contributed by atoms with E-state index in [0.717, 1.165) is 5.56 Å². The zero-order valence-corrected chi connectivity index (χ0v) is 15.2. The molecule has 0 saturated carbocycles. The van der Waals surface area contributed by atoms with Crippen molar-refractivity contribution in [2.45, 2.75) is 13.5 Å². The van der Waals surface area contributed by atoms with E-state index in [1.165, 1.54) is 10.5 Å². The van der Waals surface area contributed by atoms with Crippen LogP contribution in [0.25, 0.3) is 17.0 Å². The Bertz CT molecular complexity index is 1180. The summed E-state index contributed by atoms with van der Waals surface area (Å²) >= 11 is 12.1. The lowest BCUT2D eigenvalue weighted by Crippen LogP contribution is -2.17. The summed E-state index contributed by atoms with van der Waals surface area (Å²) in [5.41, 5.74) is 1.84. The Morgan fingerprint density at radius 1 is 1.04 bits per heavy atom. The van der Waals surface area contributed by atoms with Crippen molar-refractivity contribution >= 4 is 28.8 Å². The first kappa shape index (κ1) is 16.8. The van der Waals surface area contributed by atoms with Gasteiger partial charge in [-0.1, -0.05) is 29.3 Å². The first-order chi connectivity index (χ1) is 12.5. The third-order valence-corrected chi connectivity index (χ3v) is 4.63. The Kier molecular flexibility index (Phi) is 4.22. The number of benzene rings is 1. The Balaban J connectivity index is 1.78. The number of hydrogen-bond acceptors (Lipinski definition) is 4. The standard InChI is InChI=1S/C18H13Cl2N5O/c1-11-21-18(12-5-6-14(19)15(20)8-12)25(23-11)10-13-9-17(26)24-7-3-2-4-16(24)22-13/h2-9H,10H2,1H3. The molecule has 4 rings (SSSR count). The molecule has 130 valence electrons. The Morgan fingerprint density at radius 2 is 1.88 bits per heavy atom. The zero-order chi connectivity index (χ0) is 18.3. The molecule has 0 fully saturated rings. The molecular formula is C18H13Cl2N5O. The van der Waals surface area contributed by atoms with Crippen LogP contribution >= 0.6 is 23.2 Å². The van der Waals surface area contributed by atoms with E-state index in [0.29, 0.717) is 39.6 Å². The lowest BCUT2D eigenvalue weighted by atomic mass is 10.2. The molecule has 4 aromatic rings. The van der Waals surface area contributed by atoms with E-state index < -0.39 is 0 Å². The fraction of sp³-hybridized carbons (Fsp3) is 0.111. The lowest BCUT2D eigenvalue weighted by Gasteiger charge is -2.08. The second kappa shape index (κ2) is 6.55. The van der Waals surface area contributed by atoms with Crippen LogP contribution in [0, 0.1) is 6.92 Å². The van der Waals surface area contributed by atoms with Crippen molar-refractivity contribution in [3.05, 3.63) is 80.6 Å². The van der Waals surface area contributed by atoms with E-state index in [2.05, 4.69) is 15.1 Å². The average Bonchev–Trinajstić information content (AvgIpc) is 2.97. The van der Waals surface area contributed by atoms with Gasteiger partial charge in [-0.15, -0.1) is 0 Å². The van der Waals surface area contributed by atoms with Gasteiger partial charge in [-0.2, -0.15) is 5.10 Å². The molecular weight excluding hydrogens is 373 g/mol. The van der Waals surface area contributed by atoms with Gasteiger partial charge in [-0.25, -0.2) is 14.6 Å². The van der Waals surface area contributed by atoms with Crippen LogP contribution < -0.4 is 5.56 Å². The molecule has 3 aromatic heterocycles. The molecule has 0 aliphatic rings. The quantitative estimate of drug-likeness (QED) is 0.540. The van der Waals surface area contributed by atoms with Gasteiger partial charge < -0.3 is 0 Å². The van der Waals surface area contributed by atoms with Crippen molar-refractivity contribution in [3.63, 3.8) is 0 Å². The number of pyridine rings is 1. The fourth-order valence-electron chi connectivity index (χ4n) is 2.75. The summed E-state index contributed by atoms with van der Waals surface area (Å²) in [4.78, 5) is 21.3. The van der Waals surface area contributed by atoms with Gasteiger partial charge in [0.15, 0.2) is 5.82 Å². The molecule has 0 saturated heterocycles. The van der Waals surface area contributed by atoms with E-state index in [9.17, 15) is 4.79 Å². The van der Waals surface area contributed by atoms with Crippen LogP contribution in [-0.4, -0.2) is 24.1 Å². The predicted molar refractivity (Wildman–Crippen MR) is 101 cm³/mol. The summed E-state index contributed by atoms with van der Waals surface area (Å²) in [5, 5.41) is 5.34. The molecule has 0 aliphatic carbocycles. The molecule has 0 atom stereocenters. The van der Waals surface area contributed by atoms with E-state index in [4.69, 9.17) is 23.2 Å². The Labute approximate surface area is 158 Å². The van der Waals surface area contributed by atoms with Gasteiger partial charge in [0.2, 0.25) is 0 Å². The molecule has 0 unspecified atom stereocenters. The number of hydrogen-bond donors (Lipinski definition) is 0. The first-order valence-corrected chi connectivity index (χ1v) is 8.61. The minimum absolute atomic E-state index is 0.140. The molecule has 0 spiro atoms. The minimum atomic E-state index is -0.140. The average molecular weight is 386 g/mol. The summed E-state index contributed by atoms with van der Waals surface area (Å²) in [6, 6.07) is 12.2. The number of aromatic nitrogens is 5. The molecule has 6 nitrogen and oxygen atoms in total. The fourth-order valence-corrected chi connectivity index (χ4v) is 3.05. The highest BCUT2D eigenvalue weighted by Gasteiger charge is 2.13. The summed E-state index contributed by atoms with van der Waals surface area (Å²) < 4.78 is 3.20. The van der Waals surface area contributed by atoms with Crippen molar-refractivity contribution < 1.29 is 0 Å². The van der Waals surface area contributed by atoms with Crippen LogP contribution in [0.2, 0.25) is 10.0 Å². The minimum Gasteiger partial charge on any atom is -0.269 e. The van der Waals surface area contributed by atoms with Gasteiger partial charge in [-0.3, -0.25) is 9.20 Å². The Hall–Kier alpha value is -2.70. The number of halogens is 2. The van der Waals surface area contributed by atoms with E-state index >= 15 is 0 Å². The van der Waals surface area contributed by atoms with E-state index in [-0.39, 0.29) is 5.56 Å². The number of aryl methyl sites for hydroxylation is 1. The Morgan fingerprint density at radius 3 is 2.69 bits per heavy atom. The number of rotatable bonds is 3. The SMILES string of the molecule is Cc1nc(-c2ccc(Cl)c(Cl)c2)n(Cc2cc(=O)n3ccccc3n2)n1. The van der Waals surface area contributed by atoms with Crippen molar-refractivity contribution in [1.82, 2.24) is 24.1 Å². The summed E-state index contributed by atoms with van der Waals surface area (Å²) in [7, 11) is 0. The lowest BCUT2D eigenvalue weighted by molar-refractivity contribution is 0.671. The summed E-state index contributed by atoms with van der Waals surface area (Å²) in [5.74, 6) is 1.25. The van der Waals surface area contributed by atoms with Crippen molar-refractivity contribution in [2.24, 2.45) is 0 Å². The maximum atomic E-state index is 12.3. The second-order valence-corrected chi connectivity index (χ2v) is 6.60. The van der Waals surface area contributed by atoms with Gasteiger partial charge in [0.1, 0.15) is 11.5 Å². The van der Waals surface area contributed by atoms with Gasteiger partial charge in [0.25, 0.3) is 5.56 Å². The maximum absolute atomic E-state index is 12.3. The van der Waals surface area contributed by atoms with Gasteiger partial charge >= 0.3 is 0 Å². The highest BCUT2D eigenvalue weighted by molar-refractivity contribution is 6.42. The topological polar surface area (TPSA) is 65.1 Å². The number of fused-ring (bicyclic) bond motifs is 1. The van der Waals surface area contributed by atoms with Crippen molar-refractivity contribution in [1.29, 1.82) is 0 Å². The van der Waals surface area contributed by atoms with Gasteiger partial charge in [-0.05, 0) is 37.3 Å². The second-order valence-electron chi connectivity index (χ2n) is 5.78. The van der Waals surface area contributed by atoms with Crippen LogP contribution in [0.4, 0.5) is 0 Å². The van der Waals surface area contributed by atoms with Crippen LogP contribution in [0.1, 0.15) is 11.5 Å². The molecule has 0 bridgehead atoms. The highest BCUT2D eigenvalue weighted by Crippen LogP contribution is 2.27. The first-order valence-electron chi connectivity index (χ1n) is 7.85. The largest absolute Gasteiger partial charge is 0.269 e. The van der Waals surface area contributed by atoms with Crippen LogP contribution in [0.3, 0.4) is 0 Å². The van der Waals surface area contributed by atoms with Crippen LogP contribution in [-0.2, 0) is 6.54 Å². The molecule has 0 amide bonds. The monoisotopic (exact) mass is 385 g/mol. The molecule has 26 heavy (non-hydrogen) atoms. The number of nitrogens with zero attached hydrogens (tertiary/aromatic N) is 5. The zero-order valence-electron chi connectivity index (χ0n) is 13.7.